The van der Waals surface area contributed by atoms with Gasteiger partial charge in [-0.2, -0.15) is 0 Å². The van der Waals surface area contributed by atoms with Gasteiger partial charge < -0.3 is 56.6 Å². The van der Waals surface area contributed by atoms with Crippen molar-refractivity contribution in [2.24, 2.45) is 11.8 Å². The van der Waals surface area contributed by atoms with Gasteiger partial charge >= 0.3 is 0 Å². The molecule has 14 heteroatoms. The van der Waals surface area contributed by atoms with Crippen molar-refractivity contribution in [3.63, 3.8) is 0 Å². The number of hydrogen-bond acceptors (Lipinski definition) is 12. The smallest absolute Gasteiger partial charge is 0.192 e. The minimum Gasteiger partial charge on any atom is -0.414 e. The zero-order chi connectivity index (χ0) is 47.3. The van der Waals surface area contributed by atoms with Crippen LogP contribution in [-0.4, -0.2) is 145 Å². The van der Waals surface area contributed by atoms with E-state index in [4.69, 9.17) is 51.5 Å². The second kappa shape index (κ2) is 18.8. The Morgan fingerprint density at radius 2 is 1.36 bits per heavy atom. The number of fused-ring (bicyclic) bond motifs is 6. The third-order valence-corrected chi connectivity index (χ3v) is 27.6. The van der Waals surface area contributed by atoms with Gasteiger partial charge in [0, 0.05) is 38.7 Å². The van der Waals surface area contributed by atoms with E-state index in [0.717, 1.165) is 62.5 Å². The van der Waals surface area contributed by atoms with E-state index in [1.807, 2.05) is 0 Å². The molecule has 12 bridgehead atoms. The Labute approximate surface area is 399 Å². The Kier molecular flexibility index (Phi) is 14.4. The molecule has 10 heterocycles. The van der Waals surface area contributed by atoms with Crippen molar-refractivity contribution in [1.82, 2.24) is 0 Å². The van der Waals surface area contributed by atoms with Gasteiger partial charge in [-0.15, -0.1) is 0 Å². The van der Waals surface area contributed by atoms with Crippen molar-refractivity contribution in [3.8, 4) is 0 Å². The summed E-state index contributed by atoms with van der Waals surface area (Å²) in [7, 11) is -2.50. The van der Waals surface area contributed by atoms with Gasteiger partial charge in [-0.3, -0.25) is 0 Å². The molecule has 66 heavy (non-hydrogen) atoms. The molecule has 1 spiro atoms. The standard InChI is InChI=1S/C52H88O12Si2/c1-29-21-33-15-17-38-30(2)22-35(56-38)19-20-52-27-43-46(62-52)47-48(61-43)49(63-52)45-39(60-47)18-16-34(58-45)23-32(53)24-37-41(26-40(57-33)31(29)3)59-42(44(37)54-10)25-36(64-66(13,14)51(7,8)9)28-55-65(11,12)50(4,5)6/h29,32-49,53H,2-3,15-28H2,1,4-14H3/t29-,32?,33+,34?,35?,36?,37+,38?,39+,40-,41+,42?,43-,44-,45+,46+,47+,48-,49+,52+/m1/s1. The summed E-state index contributed by atoms with van der Waals surface area (Å²) in [4.78, 5) is 0. The molecular weight excluding hydrogens is 873 g/mol. The van der Waals surface area contributed by atoms with E-state index >= 15 is 0 Å². The summed E-state index contributed by atoms with van der Waals surface area (Å²) in [5.41, 5.74) is 2.28. The first-order valence-corrected chi connectivity index (χ1v) is 31.9. The average Bonchev–Trinajstić information content (AvgIpc) is 3.90. The first-order chi connectivity index (χ1) is 30.9. The third-order valence-electron chi connectivity index (χ3n) is 18.6. The van der Waals surface area contributed by atoms with Gasteiger partial charge in [0.25, 0.3) is 0 Å². The van der Waals surface area contributed by atoms with E-state index in [9.17, 15) is 5.11 Å². The number of ether oxygens (including phenoxy) is 9. The summed E-state index contributed by atoms with van der Waals surface area (Å²) in [6.45, 7) is 34.9. The molecule has 10 aliphatic rings. The molecule has 10 saturated heterocycles. The van der Waals surface area contributed by atoms with Crippen LogP contribution in [0.4, 0.5) is 0 Å². The quantitative estimate of drug-likeness (QED) is 0.184. The Bertz CT molecular complexity index is 1750. The average molecular weight is 961 g/mol. The van der Waals surface area contributed by atoms with Crippen LogP contribution in [0.25, 0.3) is 0 Å². The number of aliphatic hydroxyl groups excluding tert-OH is 1. The number of hydrogen-bond donors (Lipinski definition) is 1. The number of rotatable bonds is 8. The number of aliphatic hydroxyl groups is 1. The maximum atomic E-state index is 12.3. The fraction of sp³-hybridized carbons (Fsp3) is 0.923. The molecule has 1 N–H and O–H groups in total. The first kappa shape index (κ1) is 50.4. The molecule has 10 fully saturated rings. The fourth-order valence-corrected chi connectivity index (χ4v) is 15.0. The summed E-state index contributed by atoms with van der Waals surface area (Å²) in [6.07, 6.45) is 6.48. The predicted octanol–water partition coefficient (Wildman–Crippen LogP) is 9.32. The van der Waals surface area contributed by atoms with E-state index in [0.29, 0.717) is 44.6 Å². The molecule has 0 saturated carbocycles. The number of methoxy groups -OCH3 is 1. The van der Waals surface area contributed by atoms with Gasteiger partial charge in [0.1, 0.15) is 30.5 Å². The molecular formula is C52H88O12Si2. The monoisotopic (exact) mass is 961 g/mol. The molecule has 12 nitrogen and oxygen atoms in total. The Morgan fingerprint density at radius 3 is 2.09 bits per heavy atom. The predicted molar refractivity (Wildman–Crippen MR) is 257 cm³/mol. The molecule has 10 rings (SSSR count). The lowest BCUT2D eigenvalue weighted by Crippen LogP contribution is -2.61. The molecule has 376 valence electrons. The van der Waals surface area contributed by atoms with Crippen LogP contribution >= 0.6 is 0 Å². The summed E-state index contributed by atoms with van der Waals surface area (Å²) in [6, 6.07) is 0. The molecule has 0 aromatic carbocycles. The van der Waals surface area contributed by atoms with E-state index in [1.165, 1.54) is 0 Å². The third kappa shape index (κ3) is 9.98. The Morgan fingerprint density at radius 1 is 0.697 bits per heavy atom. The van der Waals surface area contributed by atoms with Crippen molar-refractivity contribution in [3.05, 3.63) is 24.3 Å². The lowest BCUT2D eigenvalue weighted by molar-refractivity contribution is -0.294. The minimum absolute atomic E-state index is 0.00779. The lowest BCUT2D eigenvalue weighted by atomic mass is 9.81. The second-order valence-electron chi connectivity index (χ2n) is 25.3. The van der Waals surface area contributed by atoms with Crippen LogP contribution in [0, 0.1) is 11.8 Å². The summed E-state index contributed by atoms with van der Waals surface area (Å²) < 4.78 is 76.3. The fourth-order valence-electron chi connectivity index (χ4n) is 12.6. The highest BCUT2D eigenvalue weighted by Crippen LogP contribution is 2.55. The van der Waals surface area contributed by atoms with E-state index in [1.54, 1.807) is 7.11 Å². The van der Waals surface area contributed by atoms with Crippen LogP contribution in [0.5, 0.6) is 0 Å². The maximum absolute atomic E-state index is 12.3. The lowest BCUT2D eigenvalue weighted by Gasteiger charge is -2.47. The highest BCUT2D eigenvalue weighted by molar-refractivity contribution is 6.74. The Balaban J connectivity index is 0.991. The van der Waals surface area contributed by atoms with Crippen LogP contribution in [0.1, 0.15) is 132 Å². The molecule has 0 aromatic heterocycles. The van der Waals surface area contributed by atoms with Gasteiger partial charge in [-0.25, -0.2) is 0 Å². The minimum atomic E-state index is -2.21. The van der Waals surface area contributed by atoms with Crippen LogP contribution in [0.2, 0.25) is 36.3 Å². The van der Waals surface area contributed by atoms with Crippen LogP contribution in [-0.2, 0) is 51.5 Å². The van der Waals surface area contributed by atoms with Gasteiger partial charge in [-0.1, -0.05) is 61.6 Å². The van der Waals surface area contributed by atoms with E-state index in [-0.39, 0.29) is 114 Å². The van der Waals surface area contributed by atoms with Crippen LogP contribution in [0.3, 0.4) is 0 Å². The molecule has 20 atom stereocenters. The first-order valence-electron chi connectivity index (χ1n) is 26.1. The Hall–Kier alpha value is -0.566. The summed E-state index contributed by atoms with van der Waals surface area (Å²) in [5, 5.41) is 12.3. The summed E-state index contributed by atoms with van der Waals surface area (Å²) in [5.74, 6) is -0.571. The molecule has 10 aliphatic heterocycles. The molecule has 0 amide bonds. The van der Waals surface area contributed by atoms with Crippen LogP contribution < -0.4 is 0 Å². The van der Waals surface area contributed by atoms with Crippen molar-refractivity contribution < 1.29 is 56.6 Å². The molecule has 0 aromatic rings. The van der Waals surface area contributed by atoms with Crippen molar-refractivity contribution >= 4 is 16.6 Å². The van der Waals surface area contributed by atoms with Crippen molar-refractivity contribution in [2.75, 3.05) is 13.7 Å². The topological polar surface area (TPSA) is 122 Å². The normalized spacial score (nSPS) is 46.0. The largest absolute Gasteiger partial charge is 0.414 e. The highest BCUT2D eigenvalue weighted by atomic mass is 28.4. The maximum Gasteiger partial charge on any atom is 0.192 e. The van der Waals surface area contributed by atoms with Gasteiger partial charge in [0.05, 0.1) is 79.9 Å². The zero-order valence-corrected chi connectivity index (χ0v) is 44.7. The highest BCUT2D eigenvalue weighted by Gasteiger charge is 2.69. The van der Waals surface area contributed by atoms with Crippen molar-refractivity contribution in [1.29, 1.82) is 0 Å². The SMILES string of the molecule is C=C1CC2CC[C@@]34C[C@H]5O[C@H]6[C@@H](O3)[C@H]3OC(CC[C@@H]3O[C@H]6[C@H]5O4)CC(O)C[C@H]3[C@H](C[C@H]4O[C@@H](CCC1O2)C[C@@H](C)C4=C)OC(CC(CO[Si](C)(C)C(C)(C)C)O[Si](C)(C)C(C)(C)C)[C@@H]3OC. The zero-order valence-electron chi connectivity index (χ0n) is 42.7. The van der Waals surface area contributed by atoms with Crippen molar-refractivity contribution in [2.45, 2.75) is 278 Å². The van der Waals surface area contributed by atoms with E-state index < -0.39 is 28.5 Å². The van der Waals surface area contributed by atoms with Crippen LogP contribution in [0.15, 0.2) is 24.3 Å². The summed E-state index contributed by atoms with van der Waals surface area (Å²) >= 11 is 0. The molecule has 6 unspecified atom stereocenters. The molecule has 0 aliphatic carbocycles. The van der Waals surface area contributed by atoms with Gasteiger partial charge in [-0.05, 0) is 111 Å². The van der Waals surface area contributed by atoms with Gasteiger partial charge in [0.15, 0.2) is 22.4 Å². The molecule has 0 radical (unpaired) electrons. The second-order valence-corrected chi connectivity index (χ2v) is 34.9. The van der Waals surface area contributed by atoms with E-state index in [2.05, 4.69) is 87.8 Å². The van der Waals surface area contributed by atoms with Gasteiger partial charge in [0.2, 0.25) is 0 Å².